The molecule has 1 aromatic heterocycles. The number of hydrogen-bond acceptors (Lipinski definition) is 3. The Bertz CT molecular complexity index is 1190. The molecule has 4 nitrogen and oxygen atoms in total. The van der Waals surface area contributed by atoms with Gasteiger partial charge in [-0.3, -0.25) is 4.79 Å². The number of ketones is 1. The molecule has 1 unspecified atom stereocenters. The molecular weight excluding hydrogens is 360 g/mol. The van der Waals surface area contributed by atoms with E-state index in [4.69, 9.17) is 4.74 Å². The van der Waals surface area contributed by atoms with Crippen LogP contribution in [0.3, 0.4) is 0 Å². The van der Waals surface area contributed by atoms with Crippen LogP contribution in [0.25, 0.3) is 17.0 Å². The van der Waals surface area contributed by atoms with Crippen LogP contribution in [-0.2, 0) is 6.61 Å². The molecule has 1 atom stereocenters. The van der Waals surface area contributed by atoms with E-state index in [0.29, 0.717) is 12.2 Å². The number of ether oxygens (including phenoxy) is 1. The summed E-state index contributed by atoms with van der Waals surface area (Å²) in [5.74, 6) is 0.768. The minimum Gasteiger partial charge on any atom is -0.489 e. The summed E-state index contributed by atoms with van der Waals surface area (Å²) in [7, 11) is 0. The maximum atomic E-state index is 13.2. The van der Waals surface area contributed by atoms with E-state index in [9.17, 15) is 4.79 Å². The van der Waals surface area contributed by atoms with Gasteiger partial charge in [0.1, 0.15) is 18.4 Å². The Balaban J connectivity index is 1.35. The summed E-state index contributed by atoms with van der Waals surface area (Å²) in [5.41, 5.74) is 4.77. The zero-order valence-electron chi connectivity index (χ0n) is 15.8. The lowest BCUT2D eigenvalue weighted by molar-refractivity contribution is 0.0947. The highest BCUT2D eigenvalue weighted by molar-refractivity contribution is 6.03. The minimum absolute atomic E-state index is 0.0248. The second-order valence-corrected chi connectivity index (χ2v) is 7.09. The average Bonchev–Trinajstić information content (AvgIpc) is 3.17. The third kappa shape index (κ3) is 3.29. The van der Waals surface area contributed by atoms with Gasteiger partial charge in [0.15, 0.2) is 5.78 Å². The molecule has 142 valence electrons. The Hall–Kier alpha value is -3.79. The molecule has 1 aliphatic heterocycles. The number of rotatable bonds is 5. The summed E-state index contributed by atoms with van der Waals surface area (Å²) < 4.78 is 5.82. The molecule has 0 spiro atoms. The van der Waals surface area contributed by atoms with Crippen molar-refractivity contribution in [3.8, 4) is 5.75 Å². The molecule has 0 fully saturated rings. The fourth-order valence-corrected chi connectivity index (χ4v) is 3.73. The Morgan fingerprint density at radius 2 is 1.66 bits per heavy atom. The Morgan fingerprint density at radius 1 is 0.897 bits per heavy atom. The normalized spacial score (nSPS) is 15.0. The number of para-hydroxylation sites is 1. The molecule has 2 N–H and O–H groups in total. The van der Waals surface area contributed by atoms with Crippen molar-refractivity contribution in [3.05, 3.63) is 107 Å². The Labute approximate surface area is 168 Å². The molecule has 2 heterocycles. The minimum atomic E-state index is -0.432. The molecule has 29 heavy (non-hydrogen) atoms. The number of aromatic nitrogens is 1. The third-order valence-corrected chi connectivity index (χ3v) is 5.23. The van der Waals surface area contributed by atoms with E-state index in [1.54, 1.807) is 0 Å². The molecule has 1 aliphatic rings. The van der Waals surface area contributed by atoms with Crippen LogP contribution in [0.2, 0.25) is 0 Å². The van der Waals surface area contributed by atoms with Crippen molar-refractivity contribution in [2.75, 3.05) is 0 Å². The van der Waals surface area contributed by atoms with Gasteiger partial charge in [-0.1, -0.05) is 48.5 Å². The van der Waals surface area contributed by atoms with Crippen LogP contribution in [0.5, 0.6) is 5.75 Å². The summed E-state index contributed by atoms with van der Waals surface area (Å²) >= 11 is 0. The first-order chi connectivity index (χ1) is 14.3. The van der Waals surface area contributed by atoms with Crippen LogP contribution in [0.4, 0.5) is 0 Å². The van der Waals surface area contributed by atoms with E-state index in [-0.39, 0.29) is 5.78 Å². The molecule has 0 saturated heterocycles. The van der Waals surface area contributed by atoms with Gasteiger partial charge < -0.3 is 15.0 Å². The topological polar surface area (TPSA) is 54.1 Å². The number of aromatic amines is 1. The molecule has 0 radical (unpaired) electrons. The SMILES string of the molecule is O=C(c1ccc(OCc2ccccc2)cc1)C1NC=Cc2c1[nH]c1ccccc21. The highest BCUT2D eigenvalue weighted by atomic mass is 16.5. The fraction of sp³-hybridized carbons (Fsp3) is 0.0800. The number of hydrogen-bond donors (Lipinski definition) is 2. The van der Waals surface area contributed by atoms with Gasteiger partial charge in [-0.15, -0.1) is 0 Å². The van der Waals surface area contributed by atoms with Crippen LogP contribution in [0, 0.1) is 0 Å². The van der Waals surface area contributed by atoms with E-state index in [0.717, 1.165) is 33.5 Å². The van der Waals surface area contributed by atoms with Gasteiger partial charge in [-0.05, 0) is 48.2 Å². The highest BCUT2D eigenvalue weighted by Gasteiger charge is 2.27. The molecule has 3 aromatic carbocycles. The lowest BCUT2D eigenvalue weighted by atomic mass is 9.96. The second kappa shape index (κ2) is 7.32. The standard InChI is InChI=1S/C25H20N2O2/c28-25(18-10-12-19(13-11-18)29-16-17-6-2-1-3-7-17)24-23-21(14-15-26-24)20-8-4-5-9-22(20)27-23/h1-15,24,26-27H,16H2. The van der Waals surface area contributed by atoms with Gasteiger partial charge in [0.2, 0.25) is 0 Å². The second-order valence-electron chi connectivity index (χ2n) is 7.09. The Kier molecular flexibility index (Phi) is 4.37. The lowest BCUT2D eigenvalue weighted by Gasteiger charge is -2.20. The number of fused-ring (bicyclic) bond motifs is 3. The van der Waals surface area contributed by atoms with Crippen LogP contribution >= 0.6 is 0 Å². The fourth-order valence-electron chi connectivity index (χ4n) is 3.73. The van der Waals surface area contributed by atoms with Crippen molar-refractivity contribution >= 4 is 22.8 Å². The van der Waals surface area contributed by atoms with Gasteiger partial charge in [-0.2, -0.15) is 0 Å². The summed E-state index contributed by atoms with van der Waals surface area (Å²) in [6.45, 7) is 0.502. The average molecular weight is 380 g/mol. The van der Waals surface area contributed by atoms with Crippen LogP contribution in [-0.4, -0.2) is 10.8 Å². The van der Waals surface area contributed by atoms with Crippen molar-refractivity contribution in [3.63, 3.8) is 0 Å². The molecule has 5 rings (SSSR count). The number of Topliss-reactive ketones (excluding diaryl/α,β-unsaturated/α-hetero) is 1. The molecule has 0 aliphatic carbocycles. The summed E-state index contributed by atoms with van der Waals surface area (Å²) in [6.07, 6.45) is 3.86. The maximum absolute atomic E-state index is 13.2. The highest BCUT2D eigenvalue weighted by Crippen LogP contribution is 2.32. The predicted octanol–water partition coefficient (Wildman–Crippen LogP) is 5.24. The number of benzene rings is 3. The maximum Gasteiger partial charge on any atom is 0.191 e. The van der Waals surface area contributed by atoms with Crippen molar-refractivity contribution in [2.45, 2.75) is 12.6 Å². The first-order valence-electron chi connectivity index (χ1n) is 9.64. The molecule has 4 heteroatoms. The Morgan fingerprint density at radius 3 is 2.48 bits per heavy atom. The number of carbonyl (C=O) groups excluding carboxylic acids is 1. The van der Waals surface area contributed by atoms with Gasteiger partial charge in [0.05, 0.1) is 5.69 Å². The van der Waals surface area contributed by atoms with Crippen LogP contribution in [0.1, 0.15) is 33.2 Å². The molecule has 0 amide bonds. The van der Waals surface area contributed by atoms with Crippen LogP contribution in [0.15, 0.2) is 85.1 Å². The third-order valence-electron chi connectivity index (χ3n) is 5.23. The number of nitrogens with one attached hydrogen (secondary N) is 2. The summed E-state index contributed by atoms with van der Waals surface area (Å²) in [5, 5.41) is 4.33. The first-order valence-corrected chi connectivity index (χ1v) is 9.64. The molecule has 0 saturated carbocycles. The van der Waals surface area contributed by atoms with Gasteiger partial charge >= 0.3 is 0 Å². The lowest BCUT2D eigenvalue weighted by Crippen LogP contribution is -2.27. The van der Waals surface area contributed by atoms with E-state index in [1.165, 1.54) is 0 Å². The van der Waals surface area contributed by atoms with Gasteiger partial charge in [0.25, 0.3) is 0 Å². The van der Waals surface area contributed by atoms with Crippen LogP contribution < -0.4 is 10.1 Å². The molecular formula is C25H20N2O2. The largest absolute Gasteiger partial charge is 0.489 e. The zero-order valence-corrected chi connectivity index (χ0v) is 15.8. The first kappa shape index (κ1) is 17.3. The van der Waals surface area contributed by atoms with Gasteiger partial charge in [-0.25, -0.2) is 0 Å². The monoisotopic (exact) mass is 380 g/mol. The van der Waals surface area contributed by atoms with Crippen molar-refractivity contribution in [1.29, 1.82) is 0 Å². The van der Waals surface area contributed by atoms with Gasteiger partial charge in [0, 0.05) is 22.0 Å². The summed E-state index contributed by atoms with van der Waals surface area (Å²) in [6, 6.07) is 25.0. The van der Waals surface area contributed by atoms with Crippen molar-refractivity contribution in [1.82, 2.24) is 10.3 Å². The van der Waals surface area contributed by atoms with E-state index in [1.807, 2.05) is 85.1 Å². The smallest absolute Gasteiger partial charge is 0.191 e. The number of H-pyrrole nitrogens is 1. The van der Waals surface area contributed by atoms with Crippen molar-refractivity contribution in [2.24, 2.45) is 0 Å². The quantitative estimate of drug-likeness (QED) is 0.465. The molecule has 0 bridgehead atoms. The zero-order chi connectivity index (χ0) is 19.6. The van der Waals surface area contributed by atoms with Crippen molar-refractivity contribution < 1.29 is 9.53 Å². The molecule has 4 aromatic rings. The van der Waals surface area contributed by atoms with E-state index >= 15 is 0 Å². The van der Waals surface area contributed by atoms with E-state index in [2.05, 4.69) is 16.4 Å². The van der Waals surface area contributed by atoms with E-state index < -0.39 is 6.04 Å². The summed E-state index contributed by atoms with van der Waals surface area (Å²) in [4.78, 5) is 16.6. The predicted molar refractivity (Wildman–Crippen MR) is 115 cm³/mol. The number of carbonyl (C=O) groups is 1.